The number of nitrogens with one attached hydrogen (secondary N) is 2. The molecule has 86 valence electrons. The van der Waals surface area contributed by atoms with Crippen LogP contribution in [0.15, 0.2) is 0 Å². The molecule has 4 heteroatoms. The second-order valence-corrected chi connectivity index (χ2v) is 3.03. The van der Waals surface area contributed by atoms with Crippen LogP contribution in [-0.2, 0) is 0 Å². The minimum atomic E-state index is -0.158. The van der Waals surface area contributed by atoms with Gasteiger partial charge in [0.25, 0.3) is 0 Å². The van der Waals surface area contributed by atoms with Crippen LogP contribution in [0, 0.1) is 11.8 Å². The van der Waals surface area contributed by atoms with Gasteiger partial charge >= 0.3 is 6.03 Å². The lowest BCUT2D eigenvalue weighted by atomic mass is 10.4. The Morgan fingerprint density at radius 1 is 1.13 bits per heavy atom. The van der Waals surface area contributed by atoms with Crippen LogP contribution in [0.2, 0.25) is 0 Å². The molecule has 0 atom stereocenters. The van der Waals surface area contributed by atoms with Crippen molar-refractivity contribution in [1.82, 2.24) is 15.5 Å². The highest BCUT2D eigenvalue weighted by atomic mass is 16.2. The lowest BCUT2D eigenvalue weighted by Crippen LogP contribution is -2.35. The maximum absolute atomic E-state index is 11.0. The van der Waals surface area contributed by atoms with Gasteiger partial charge in [-0.25, -0.2) is 4.79 Å². The molecule has 0 aromatic rings. The summed E-state index contributed by atoms with van der Waals surface area (Å²) >= 11 is 0. The molecule has 0 rings (SSSR count). The third kappa shape index (κ3) is 7.83. The maximum atomic E-state index is 11.0. The average molecular weight is 211 g/mol. The fourth-order valence-electron chi connectivity index (χ4n) is 1.02. The van der Waals surface area contributed by atoms with E-state index in [1.807, 2.05) is 6.92 Å². The molecular formula is C11H21N3O. The first-order chi connectivity index (χ1) is 7.24. The molecule has 0 spiro atoms. The van der Waals surface area contributed by atoms with E-state index in [4.69, 9.17) is 0 Å². The number of carbonyl (C=O) groups is 1. The van der Waals surface area contributed by atoms with Gasteiger partial charge in [-0.15, -0.1) is 0 Å². The van der Waals surface area contributed by atoms with Crippen LogP contribution in [0.25, 0.3) is 0 Å². The van der Waals surface area contributed by atoms with Crippen LogP contribution in [-0.4, -0.2) is 43.7 Å². The normalized spacial score (nSPS) is 9.33. The molecule has 0 aliphatic rings. The first kappa shape index (κ1) is 13.8. The molecule has 2 N–H and O–H groups in total. The molecule has 0 aromatic heterocycles. The second kappa shape index (κ2) is 9.35. The highest BCUT2D eigenvalue weighted by Crippen LogP contribution is 1.82. The van der Waals surface area contributed by atoms with Crippen molar-refractivity contribution in [3.8, 4) is 11.8 Å². The molecule has 15 heavy (non-hydrogen) atoms. The molecule has 2 amide bonds. The van der Waals surface area contributed by atoms with Crippen molar-refractivity contribution in [2.24, 2.45) is 0 Å². The van der Waals surface area contributed by atoms with Crippen LogP contribution in [0.4, 0.5) is 4.79 Å². The van der Waals surface area contributed by atoms with Crippen molar-refractivity contribution in [2.75, 3.05) is 32.7 Å². The maximum Gasteiger partial charge on any atom is 0.315 e. The molecule has 0 aromatic carbocycles. The number of amides is 2. The van der Waals surface area contributed by atoms with Crippen LogP contribution in [0.5, 0.6) is 0 Å². The monoisotopic (exact) mass is 211 g/mol. The van der Waals surface area contributed by atoms with E-state index < -0.39 is 0 Å². The molecule has 4 nitrogen and oxygen atoms in total. The number of urea groups is 1. The summed E-state index contributed by atoms with van der Waals surface area (Å²) in [5.74, 6) is 5.93. The molecule has 0 bridgehead atoms. The van der Waals surface area contributed by atoms with Crippen molar-refractivity contribution in [2.45, 2.75) is 20.8 Å². The minimum absolute atomic E-state index is 0.158. The van der Waals surface area contributed by atoms with Gasteiger partial charge in [0.1, 0.15) is 0 Å². The third-order valence-corrected chi connectivity index (χ3v) is 2.00. The fraction of sp³-hybridized carbons (Fsp3) is 0.727. The van der Waals surface area contributed by atoms with Gasteiger partial charge in [0.15, 0.2) is 0 Å². The van der Waals surface area contributed by atoms with Crippen molar-refractivity contribution in [1.29, 1.82) is 0 Å². The smallest absolute Gasteiger partial charge is 0.315 e. The van der Waals surface area contributed by atoms with Crippen LogP contribution < -0.4 is 10.6 Å². The lowest BCUT2D eigenvalue weighted by molar-refractivity contribution is 0.242. The van der Waals surface area contributed by atoms with Gasteiger partial charge in [-0.3, -0.25) is 4.90 Å². The van der Waals surface area contributed by atoms with Gasteiger partial charge in [0.05, 0.1) is 13.1 Å². The number of rotatable bonds is 5. The summed E-state index contributed by atoms with van der Waals surface area (Å²) < 4.78 is 0. The van der Waals surface area contributed by atoms with Crippen molar-refractivity contribution in [3.63, 3.8) is 0 Å². The van der Waals surface area contributed by atoms with E-state index in [-0.39, 0.29) is 6.03 Å². The van der Waals surface area contributed by atoms with E-state index in [1.54, 1.807) is 0 Å². The molecular weight excluding hydrogens is 190 g/mol. The van der Waals surface area contributed by atoms with Gasteiger partial charge in [-0.1, -0.05) is 25.7 Å². The summed E-state index contributed by atoms with van der Waals surface area (Å²) in [6, 6.07) is -0.158. The molecule has 0 saturated heterocycles. The lowest BCUT2D eigenvalue weighted by Gasteiger charge is -2.13. The molecule has 0 fully saturated rings. The Morgan fingerprint density at radius 2 is 1.80 bits per heavy atom. The molecule has 0 aliphatic heterocycles. The van der Waals surface area contributed by atoms with E-state index in [9.17, 15) is 4.79 Å². The first-order valence-corrected chi connectivity index (χ1v) is 5.44. The topological polar surface area (TPSA) is 44.4 Å². The SMILES string of the molecule is CCNC(=O)NCC#CCN(CC)CC. The Labute approximate surface area is 92.4 Å². The Hall–Kier alpha value is -1.21. The zero-order valence-electron chi connectivity index (χ0n) is 9.89. The van der Waals surface area contributed by atoms with E-state index in [0.29, 0.717) is 13.1 Å². The average Bonchev–Trinajstić information content (AvgIpc) is 2.24. The number of nitrogens with zero attached hydrogens (tertiary/aromatic N) is 1. The Kier molecular flexibility index (Phi) is 8.59. The standard InChI is InChI=1S/C11H21N3O/c1-4-12-11(15)13-9-7-8-10-14(5-2)6-3/h4-6,9-10H2,1-3H3,(H2,12,13,15). The fourth-order valence-corrected chi connectivity index (χ4v) is 1.02. The number of hydrogen-bond acceptors (Lipinski definition) is 2. The molecule has 0 heterocycles. The summed E-state index contributed by atoms with van der Waals surface area (Å²) in [5.41, 5.74) is 0. The van der Waals surface area contributed by atoms with Crippen LogP contribution >= 0.6 is 0 Å². The zero-order valence-corrected chi connectivity index (χ0v) is 9.89. The summed E-state index contributed by atoms with van der Waals surface area (Å²) in [4.78, 5) is 13.2. The van der Waals surface area contributed by atoms with E-state index in [1.165, 1.54) is 0 Å². The predicted molar refractivity (Wildman–Crippen MR) is 62.6 cm³/mol. The van der Waals surface area contributed by atoms with Crippen molar-refractivity contribution < 1.29 is 4.79 Å². The molecule has 0 saturated carbocycles. The van der Waals surface area contributed by atoms with Gasteiger partial charge in [0, 0.05) is 6.54 Å². The van der Waals surface area contributed by atoms with Gasteiger partial charge in [-0.2, -0.15) is 0 Å². The number of hydrogen-bond donors (Lipinski definition) is 2. The van der Waals surface area contributed by atoms with Crippen molar-refractivity contribution in [3.05, 3.63) is 0 Å². The second-order valence-electron chi connectivity index (χ2n) is 3.03. The highest BCUT2D eigenvalue weighted by Gasteiger charge is 1.94. The zero-order chi connectivity index (χ0) is 11.5. The summed E-state index contributed by atoms with van der Waals surface area (Å²) in [6.07, 6.45) is 0. The van der Waals surface area contributed by atoms with E-state index in [2.05, 4.69) is 41.2 Å². The predicted octanol–water partition coefficient (Wildman–Crippen LogP) is 0.651. The van der Waals surface area contributed by atoms with Crippen LogP contribution in [0.1, 0.15) is 20.8 Å². The number of carbonyl (C=O) groups excluding carboxylic acids is 1. The van der Waals surface area contributed by atoms with Crippen LogP contribution in [0.3, 0.4) is 0 Å². The summed E-state index contributed by atoms with van der Waals surface area (Å²) in [7, 11) is 0. The Morgan fingerprint density at radius 3 is 2.33 bits per heavy atom. The largest absolute Gasteiger partial charge is 0.338 e. The third-order valence-electron chi connectivity index (χ3n) is 2.00. The quantitative estimate of drug-likeness (QED) is 0.656. The molecule has 0 aliphatic carbocycles. The minimum Gasteiger partial charge on any atom is -0.338 e. The van der Waals surface area contributed by atoms with E-state index >= 15 is 0 Å². The van der Waals surface area contributed by atoms with E-state index in [0.717, 1.165) is 19.6 Å². The summed E-state index contributed by atoms with van der Waals surface area (Å²) in [5, 5.41) is 5.29. The van der Waals surface area contributed by atoms with Gasteiger partial charge in [-0.05, 0) is 20.0 Å². The summed E-state index contributed by atoms with van der Waals surface area (Å²) in [6.45, 7) is 9.93. The van der Waals surface area contributed by atoms with Gasteiger partial charge in [0.2, 0.25) is 0 Å². The Balaban J connectivity index is 3.58. The highest BCUT2D eigenvalue weighted by molar-refractivity contribution is 5.73. The Bertz CT molecular complexity index is 226. The molecule has 0 radical (unpaired) electrons. The first-order valence-electron chi connectivity index (χ1n) is 5.44. The molecule has 0 unspecified atom stereocenters. The van der Waals surface area contributed by atoms with Gasteiger partial charge < -0.3 is 10.6 Å². The van der Waals surface area contributed by atoms with Crippen molar-refractivity contribution >= 4 is 6.03 Å².